The molecule has 0 bridgehead atoms. The third kappa shape index (κ3) is 7.33. The number of imidazole rings is 2. The highest BCUT2D eigenvalue weighted by Crippen LogP contribution is 2.43. The molecule has 4 amide bonds. The van der Waals surface area contributed by atoms with Gasteiger partial charge in [-0.05, 0) is 67.0 Å². The second-order valence-corrected chi connectivity index (χ2v) is 17.0. The number of hydrogen-bond donors (Lipinski definition) is 5. The maximum absolute atomic E-state index is 13.9. The van der Waals surface area contributed by atoms with Gasteiger partial charge >= 0.3 is 0 Å². The monoisotopic (exact) mass is 792 g/mol. The molecule has 0 spiro atoms. The van der Waals surface area contributed by atoms with Crippen molar-refractivity contribution in [1.29, 1.82) is 0 Å². The average Bonchev–Trinajstić information content (AvgIpc) is 4.03. The van der Waals surface area contributed by atoms with E-state index in [9.17, 15) is 24.3 Å². The predicted molar refractivity (Wildman–Crippen MR) is 217 cm³/mol. The van der Waals surface area contributed by atoms with E-state index in [1.807, 2.05) is 61.3 Å². The molecule has 2 fully saturated rings. The Hall–Kier alpha value is -5.38. The van der Waals surface area contributed by atoms with Crippen molar-refractivity contribution in [3.05, 3.63) is 84.1 Å². The quantitative estimate of drug-likeness (QED) is 0.103. The number of amides is 4. The summed E-state index contributed by atoms with van der Waals surface area (Å²) in [4.78, 5) is 74.0. The van der Waals surface area contributed by atoms with Gasteiger partial charge in [-0.15, -0.1) is 22.7 Å². The van der Waals surface area contributed by atoms with E-state index in [1.165, 1.54) is 6.92 Å². The maximum atomic E-state index is 13.9. The standard InChI is InChI=1S/C41H44N8O5S2/c1-22(2)36(47-35(52)21-50)40(53)48-15-7-11-29(48)38-42-20-28(46-38)32-19-34-33(56-32)18-31(55-34)25-13-14-26-27(17-25)45-39(44-26)30-12-8-16-49(30)41(54)37(43-23(3)51)24-9-5-4-6-10-24/h4-6,9-10,13-14,17-20,22,29-30,36-37,50H,7-8,11-12,15-16,21H2,1-3H3,(H,42,46)(H,43,51)(H,44,45)(H,47,52)/t29-,30?,36-,37+/m0/s1. The number of thiophene rings is 2. The van der Waals surface area contributed by atoms with Crippen molar-refractivity contribution >= 4 is 66.7 Å². The summed E-state index contributed by atoms with van der Waals surface area (Å²) in [6, 6.07) is 18.0. The van der Waals surface area contributed by atoms with E-state index in [-0.39, 0.29) is 35.7 Å². The molecule has 5 N–H and O–H groups in total. The van der Waals surface area contributed by atoms with Crippen LogP contribution in [0.3, 0.4) is 0 Å². The molecule has 2 aliphatic rings. The molecule has 1 unspecified atom stereocenters. The number of carbonyl (C=O) groups excluding carboxylic acids is 4. The van der Waals surface area contributed by atoms with Crippen LogP contribution in [0.2, 0.25) is 0 Å². The van der Waals surface area contributed by atoms with Crippen molar-refractivity contribution in [1.82, 2.24) is 40.4 Å². The van der Waals surface area contributed by atoms with Crippen LogP contribution in [0.15, 0.2) is 66.9 Å². The van der Waals surface area contributed by atoms with Crippen LogP contribution in [0.1, 0.15) is 81.8 Å². The van der Waals surface area contributed by atoms with Gasteiger partial charge in [0.15, 0.2) is 0 Å². The van der Waals surface area contributed by atoms with Crippen LogP contribution >= 0.6 is 22.7 Å². The summed E-state index contributed by atoms with van der Waals surface area (Å²) in [5.74, 6) is 0.199. The van der Waals surface area contributed by atoms with E-state index in [0.29, 0.717) is 13.1 Å². The van der Waals surface area contributed by atoms with E-state index >= 15 is 0 Å². The Morgan fingerprint density at radius 1 is 0.857 bits per heavy atom. The lowest BCUT2D eigenvalue weighted by Gasteiger charge is -2.30. The Balaban J connectivity index is 0.982. The number of aliphatic hydroxyl groups excluding tert-OH is 1. The van der Waals surface area contributed by atoms with Gasteiger partial charge < -0.3 is 35.5 Å². The Morgan fingerprint density at radius 2 is 1.54 bits per heavy atom. The minimum atomic E-state index is -0.764. The zero-order valence-electron chi connectivity index (χ0n) is 31.4. The van der Waals surface area contributed by atoms with Crippen molar-refractivity contribution in [2.45, 2.75) is 70.6 Å². The summed E-state index contributed by atoms with van der Waals surface area (Å²) in [6.45, 7) is 5.70. The summed E-state index contributed by atoms with van der Waals surface area (Å²) in [5.41, 5.74) is 4.43. The Labute approximate surface area is 331 Å². The molecular formula is C41H44N8O5S2. The molecule has 290 valence electrons. The van der Waals surface area contributed by atoms with Gasteiger partial charge in [0.05, 0.1) is 39.9 Å². The second kappa shape index (κ2) is 15.6. The fourth-order valence-corrected chi connectivity index (χ4v) is 10.3. The normalized spacial score (nSPS) is 18.2. The van der Waals surface area contributed by atoms with Gasteiger partial charge in [0.1, 0.15) is 30.3 Å². The highest BCUT2D eigenvalue weighted by atomic mass is 32.1. The topological polar surface area (TPSA) is 176 Å². The third-order valence-electron chi connectivity index (χ3n) is 10.7. The summed E-state index contributed by atoms with van der Waals surface area (Å²) >= 11 is 3.39. The number of aromatic amines is 2. The van der Waals surface area contributed by atoms with Gasteiger partial charge in [0, 0.05) is 34.3 Å². The van der Waals surface area contributed by atoms with Crippen LogP contribution in [0.5, 0.6) is 0 Å². The van der Waals surface area contributed by atoms with Crippen molar-refractivity contribution < 1.29 is 24.3 Å². The maximum Gasteiger partial charge on any atom is 0.250 e. The fourth-order valence-electron chi connectivity index (χ4n) is 7.92. The number of aliphatic hydroxyl groups is 1. The highest BCUT2D eigenvalue weighted by Gasteiger charge is 2.38. The predicted octanol–water partition coefficient (Wildman–Crippen LogP) is 6.23. The Morgan fingerprint density at radius 3 is 2.23 bits per heavy atom. The molecule has 8 rings (SSSR count). The largest absolute Gasteiger partial charge is 0.387 e. The first kappa shape index (κ1) is 37.5. The minimum Gasteiger partial charge on any atom is -0.387 e. The van der Waals surface area contributed by atoms with Crippen LogP contribution in [0.25, 0.3) is 41.4 Å². The smallest absolute Gasteiger partial charge is 0.250 e. The van der Waals surface area contributed by atoms with Crippen LogP contribution in [0.4, 0.5) is 0 Å². The van der Waals surface area contributed by atoms with Gasteiger partial charge in [0.2, 0.25) is 23.6 Å². The molecule has 4 atom stereocenters. The first-order valence-electron chi connectivity index (χ1n) is 19.0. The lowest BCUT2D eigenvalue weighted by atomic mass is 10.0. The molecule has 2 aliphatic heterocycles. The van der Waals surface area contributed by atoms with Gasteiger partial charge in [-0.1, -0.05) is 50.2 Å². The van der Waals surface area contributed by atoms with Crippen molar-refractivity contribution in [3.8, 4) is 21.0 Å². The molecular weight excluding hydrogens is 749 g/mol. The molecule has 2 aromatic carbocycles. The zero-order valence-corrected chi connectivity index (χ0v) is 33.0. The number of likely N-dealkylation sites (tertiary alicyclic amines) is 2. The molecule has 2 saturated heterocycles. The molecule has 4 aromatic heterocycles. The summed E-state index contributed by atoms with van der Waals surface area (Å²) in [7, 11) is 0. The lowest BCUT2D eigenvalue weighted by molar-refractivity contribution is -0.139. The van der Waals surface area contributed by atoms with Gasteiger partial charge in [0.25, 0.3) is 0 Å². The number of H-pyrrole nitrogens is 2. The molecule has 0 radical (unpaired) electrons. The van der Waals surface area contributed by atoms with Gasteiger partial charge in [-0.25, -0.2) is 9.97 Å². The number of nitrogens with one attached hydrogen (secondary N) is 4. The average molecular weight is 793 g/mol. The van der Waals surface area contributed by atoms with Crippen molar-refractivity contribution in [2.75, 3.05) is 19.7 Å². The lowest BCUT2D eigenvalue weighted by Crippen LogP contribution is -2.51. The number of nitrogens with zero attached hydrogens (tertiary/aromatic N) is 4. The number of hydrogen-bond acceptors (Lipinski definition) is 9. The van der Waals surface area contributed by atoms with Crippen molar-refractivity contribution in [2.24, 2.45) is 5.92 Å². The Bertz CT molecular complexity index is 2380. The highest BCUT2D eigenvalue weighted by molar-refractivity contribution is 7.31. The second-order valence-electron chi connectivity index (χ2n) is 14.9. The fraction of sp³-hybridized carbons (Fsp3) is 0.366. The van der Waals surface area contributed by atoms with E-state index in [2.05, 4.69) is 44.9 Å². The number of aromatic nitrogens is 4. The van der Waals surface area contributed by atoms with E-state index < -0.39 is 24.6 Å². The molecule has 0 saturated carbocycles. The van der Waals surface area contributed by atoms with Crippen LogP contribution < -0.4 is 10.6 Å². The first-order chi connectivity index (χ1) is 27.1. The van der Waals surface area contributed by atoms with E-state index in [4.69, 9.17) is 9.97 Å². The van der Waals surface area contributed by atoms with Crippen LogP contribution in [0, 0.1) is 5.92 Å². The molecule has 6 heterocycles. The van der Waals surface area contributed by atoms with Crippen LogP contribution in [-0.4, -0.2) is 84.2 Å². The van der Waals surface area contributed by atoms with E-state index in [1.54, 1.807) is 27.6 Å². The van der Waals surface area contributed by atoms with E-state index in [0.717, 1.165) is 84.3 Å². The van der Waals surface area contributed by atoms with Gasteiger partial charge in [-0.2, -0.15) is 0 Å². The Kier molecular flexibility index (Phi) is 10.5. The molecule has 15 heteroatoms. The summed E-state index contributed by atoms with van der Waals surface area (Å²) < 4.78 is 2.31. The molecule has 13 nitrogen and oxygen atoms in total. The minimum absolute atomic E-state index is 0.134. The number of benzene rings is 2. The molecule has 6 aromatic rings. The number of rotatable bonds is 11. The number of carbonyl (C=O) groups is 4. The first-order valence-corrected chi connectivity index (χ1v) is 20.6. The van der Waals surface area contributed by atoms with Crippen LogP contribution in [-0.2, 0) is 19.2 Å². The SMILES string of the molecule is CC(=O)N[C@@H](C(=O)N1CCCC1c1nc2cc(-c3cc4sc(-c5cnc([C@@H]6CCCN6C(=O)[C@@H](NC(=O)CO)C(C)C)[nH]5)cc4s3)ccc2[nH]1)c1ccccc1. The number of fused-ring (bicyclic) bond motifs is 2. The molecule has 0 aliphatic carbocycles. The summed E-state index contributed by atoms with van der Waals surface area (Å²) in [5, 5.41) is 14.8. The van der Waals surface area contributed by atoms with Crippen molar-refractivity contribution in [3.63, 3.8) is 0 Å². The van der Waals surface area contributed by atoms with Gasteiger partial charge in [-0.3, -0.25) is 19.2 Å². The summed E-state index contributed by atoms with van der Waals surface area (Å²) in [6.07, 6.45) is 5.05. The zero-order chi connectivity index (χ0) is 39.1. The molecule has 56 heavy (non-hydrogen) atoms. The third-order valence-corrected chi connectivity index (χ3v) is 13.1.